The number of methoxy groups -OCH3 is 1. The lowest BCUT2D eigenvalue weighted by atomic mass is 10.4. The summed E-state index contributed by atoms with van der Waals surface area (Å²) < 4.78 is 6.17. The van der Waals surface area contributed by atoms with Gasteiger partial charge in [-0.05, 0) is 6.92 Å². The molecule has 1 rings (SSSR count). The highest BCUT2D eigenvalue weighted by atomic mass is 79.9. The van der Waals surface area contributed by atoms with Gasteiger partial charge in [0.15, 0.2) is 0 Å². The van der Waals surface area contributed by atoms with E-state index in [1.54, 1.807) is 17.8 Å². The molecule has 1 heterocycles. The van der Waals surface area contributed by atoms with E-state index in [1.807, 2.05) is 0 Å². The van der Waals surface area contributed by atoms with E-state index in [1.165, 1.54) is 7.11 Å². The van der Waals surface area contributed by atoms with Gasteiger partial charge in [-0.25, -0.2) is 0 Å². The minimum atomic E-state index is -0.400. The van der Waals surface area contributed by atoms with Crippen LogP contribution in [0.4, 0.5) is 0 Å². The van der Waals surface area contributed by atoms with E-state index >= 15 is 0 Å². The maximum absolute atomic E-state index is 11.1. The number of hydrogen-bond donors (Lipinski definition) is 0. The number of esters is 1. The van der Waals surface area contributed by atoms with E-state index in [-0.39, 0.29) is 5.97 Å². The van der Waals surface area contributed by atoms with Crippen molar-refractivity contribution in [1.82, 2.24) is 9.78 Å². The fourth-order valence-electron chi connectivity index (χ4n) is 0.954. The maximum atomic E-state index is 11.1. The summed E-state index contributed by atoms with van der Waals surface area (Å²) in [6, 6.07) is 0. The molecular weight excluding hydrogens is 271 g/mol. The highest BCUT2D eigenvalue weighted by molar-refractivity contribution is 9.10. The number of aromatic nitrogens is 2. The van der Waals surface area contributed by atoms with E-state index in [2.05, 4.69) is 25.8 Å². The van der Waals surface area contributed by atoms with E-state index < -0.39 is 4.83 Å². The second-order valence-electron chi connectivity index (χ2n) is 2.78. The third kappa shape index (κ3) is 2.72. The molecule has 78 valence electrons. The predicted octanol–water partition coefficient (Wildman–Crippen LogP) is 1.78. The van der Waals surface area contributed by atoms with Gasteiger partial charge >= 0.3 is 5.97 Å². The Labute approximate surface area is 95.3 Å². The number of carbonyl (C=O) groups is 1. The zero-order valence-electron chi connectivity index (χ0n) is 7.83. The fraction of sp³-hybridized carbons (Fsp3) is 0.500. The molecule has 6 heteroatoms. The Morgan fingerprint density at radius 1 is 1.86 bits per heavy atom. The molecule has 0 amide bonds. The monoisotopic (exact) mass is 280 g/mol. The molecule has 0 bridgehead atoms. The molecule has 1 aromatic rings. The van der Waals surface area contributed by atoms with Gasteiger partial charge in [-0.1, -0.05) is 27.5 Å². The highest BCUT2D eigenvalue weighted by Crippen LogP contribution is 2.14. The number of hydrogen-bond acceptors (Lipinski definition) is 3. The van der Waals surface area contributed by atoms with Crippen LogP contribution in [0.1, 0.15) is 5.69 Å². The Morgan fingerprint density at radius 2 is 2.50 bits per heavy atom. The number of rotatable bonds is 3. The molecule has 0 spiro atoms. The van der Waals surface area contributed by atoms with E-state index in [4.69, 9.17) is 11.6 Å². The van der Waals surface area contributed by atoms with Gasteiger partial charge in [0.25, 0.3) is 0 Å². The highest BCUT2D eigenvalue weighted by Gasteiger charge is 2.16. The first-order valence-corrected chi connectivity index (χ1v) is 5.25. The molecule has 0 saturated heterocycles. The van der Waals surface area contributed by atoms with Gasteiger partial charge in [0, 0.05) is 6.20 Å². The van der Waals surface area contributed by atoms with Crippen LogP contribution in [0, 0.1) is 6.92 Å². The molecule has 0 aliphatic carbocycles. The molecule has 1 unspecified atom stereocenters. The van der Waals surface area contributed by atoms with Crippen molar-refractivity contribution in [3.8, 4) is 0 Å². The van der Waals surface area contributed by atoms with Crippen molar-refractivity contribution in [2.24, 2.45) is 0 Å². The maximum Gasteiger partial charge on any atom is 0.321 e. The molecule has 0 radical (unpaired) electrons. The van der Waals surface area contributed by atoms with Gasteiger partial charge in [0.05, 0.1) is 24.4 Å². The molecule has 0 N–H and O–H groups in total. The van der Waals surface area contributed by atoms with Gasteiger partial charge in [0.2, 0.25) is 0 Å². The van der Waals surface area contributed by atoms with Crippen LogP contribution in [0.15, 0.2) is 6.20 Å². The van der Waals surface area contributed by atoms with Crippen molar-refractivity contribution in [2.45, 2.75) is 18.3 Å². The minimum Gasteiger partial charge on any atom is -0.468 e. The first-order chi connectivity index (χ1) is 6.54. The van der Waals surface area contributed by atoms with Gasteiger partial charge in [0.1, 0.15) is 4.83 Å². The van der Waals surface area contributed by atoms with Crippen LogP contribution >= 0.6 is 27.5 Å². The largest absolute Gasteiger partial charge is 0.468 e. The molecule has 1 aromatic heterocycles. The van der Waals surface area contributed by atoms with Gasteiger partial charge in [-0.15, -0.1) is 0 Å². The number of carbonyl (C=O) groups excluding carboxylic acids is 1. The second kappa shape index (κ2) is 4.79. The zero-order chi connectivity index (χ0) is 10.7. The van der Waals surface area contributed by atoms with Crippen molar-refractivity contribution < 1.29 is 9.53 Å². The van der Waals surface area contributed by atoms with Crippen LogP contribution in [-0.4, -0.2) is 27.7 Å². The third-order valence-corrected chi connectivity index (χ3v) is 2.73. The van der Waals surface area contributed by atoms with Crippen LogP contribution < -0.4 is 0 Å². The number of alkyl halides is 1. The van der Waals surface area contributed by atoms with Crippen molar-refractivity contribution in [3.63, 3.8) is 0 Å². The fourth-order valence-corrected chi connectivity index (χ4v) is 1.59. The molecular formula is C8H10BrClN2O2. The Balaban J connectivity index is 2.64. The summed E-state index contributed by atoms with van der Waals surface area (Å²) in [4.78, 5) is 10.7. The van der Waals surface area contributed by atoms with Gasteiger partial charge in [-0.2, -0.15) is 5.10 Å². The van der Waals surface area contributed by atoms with Crippen LogP contribution in [0.3, 0.4) is 0 Å². The standard InChI is InChI=1S/C8H10BrClN2O2/c1-5-7(10)4-12(11-5)3-6(9)8(13)14-2/h4,6H,3H2,1-2H3. The van der Waals surface area contributed by atoms with E-state index in [9.17, 15) is 4.79 Å². The molecule has 0 aromatic carbocycles. The van der Waals surface area contributed by atoms with E-state index in [0.717, 1.165) is 5.69 Å². The normalized spacial score (nSPS) is 12.6. The van der Waals surface area contributed by atoms with Crippen LogP contribution in [0.25, 0.3) is 0 Å². The first kappa shape index (κ1) is 11.5. The SMILES string of the molecule is COC(=O)C(Br)Cn1cc(Cl)c(C)n1. The Kier molecular flexibility index (Phi) is 3.95. The molecule has 0 fully saturated rings. The average molecular weight is 282 g/mol. The smallest absolute Gasteiger partial charge is 0.321 e. The quantitative estimate of drug-likeness (QED) is 0.627. The number of nitrogens with zero attached hydrogens (tertiary/aromatic N) is 2. The number of aryl methyl sites for hydroxylation is 1. The van der Waals surface area contributed by atoms with Gasteiger partial charge in [-0.3, -0.25) is 9.48 Å². The van der Waals surface area contributed by atoms with Crippen molar-refractivity contribution >= 4 is 33.5 Å². The lowest BCUT2D eigenvalue weighted by Crippen LogP contribution is -2.21. The third-order valence-electron chi connectivity index (χ3n) is 1.69. The zero-order valence-corrected chi connectivity index (χ0v) is 10.2. The Bertz CT molecular complexity index is 321. The topological polar surface area (TPSA) is 44.1 Å². The first-order valence-electron chi connectivity index (χ1n) is 3.96. The van der Waals surface area contributed by atoms with Crippen LogP contribution in [-0.2, 0) is 16.1 Å². The number of halogens is 2. The lowest BCUT2D eigenvalue weighted by molar-refractivity contribution is -0.140. The molecule has 1 atom stereocenters. The van der Waals surface area contributed by atoms with Crippen LogP contribution in [0.5, 0.6) is 0 Å². The lowest BCUT2D eigenvalue weighted by Gasteiger charge is -2.06. The summed E-state index contributed by atoms with van der Waals surface area (Å²) in [6.45, 7) is 2.21. The molecule has 0 aliphatic heterocycles. The summed E-state index contributed by atoms with van der Waals surface area (Å²) in [5, 5.41) is 4.71. The summed E-state index contributed by atoms with van der Waals surface area (Å²) in [5.41, 5.74) is 0.747. The average Bonchev–Trinajstić information content (AvgIpc) is 2.44. The Hall–Kier alpha value is -0.550. The molecule has 0 aliphatic rings. The number of ether oxygens (including phenoxy) is 1. The van der Waals surface area contributed by atoms with E-state index in [0.29, 0.717) is 11.6 Å². The Morgan fingerprint density at radius 3 is 2.93 bits per heavy atom. The van der Waals surface area contributed by atoms with Crippen molar-refractivity contribution in [1.29, 1.82) is 0 Å². The summed E-state index contributed by atoms with van der Waals surface area (Å²) >= 11 is 9.01. The summed E-state index contributed by atoms with van der Waals surface area (Å²) in [6.07, 6.45) is 1.67. The summed E-state index contributed by atoms with van der Waals surface area (Å²) in [7, 11) is 1.35. The second-order valence-corrected chi connectivity index (χ2v) is 4.29. The van der Waals surface area contributed by atoms with Crippen molar-refractivity contribution in [2.75, 3.05) is 7.11 Å². The minimum absolute atomic E-state index is 0.325. The predicted molar refractivity (Wildman–Crippen MR) is 56.7 cm³/mol. The van der Waals surface area contributed by atoms with Crippen LogP contribution in [0.2, 0.25) is 5.02 Å². The molecule has 0 saturated carbocycles. The van der Waals surface area contributed by atoms with Crippen molar-refractivity contribution in [3.05, 3.63) is 16.9 Å². The summed E-state index contributed by atoms with van der Waals surface area (Å²) in [5.74, 6) is -0.325. The molecule has 4 nitrogen and oxygen atoms in total. The van der Waals surface area contributed by atoms with Gasteiger partial charge < -0.3 is 4.74 Å². The molecule has 14 heavy (non-hydrogen) atoms.